The summed E-state index contributed by atoms with van der Waals surface area (Å²) in [5, 5.41) is -1.25. The highest BCUT2D eigenvalue weighted by Gasteiger charge is 2.41. The fourth-order valence-corrected chi connectivity index (χ4v) is 4.34. The van der Waals surface area contributed by atoms with Gasteiger partial charge in [0, 0.05) is 16.0 Å². The SMILES string of the molecule is [B]C([B])(OP1OCc2cc(Cl)ccc2O1)C1CCC(n2cc(F)c(=O)[nH]c2=O)O1. The van der Waals surface area contributed by atoms with E-state index in [0.717, 1.165) is 16.3 Å². The van der Waals surface area contributed by atoms with Crippen LogP contribution in [0.2, 0.25) is 5.02 Å². The highest BCUT2D eigenvalue weighted by Crippen LogP contribution is 2.50. The van der Waals surface area contributed by atoms with E-state index in [1.165, 1.54) is 0 Å². The van der Waals surface area contributed by atoms with E-state index in [9.17, 15) is 14.0 Å². The van der Waals surface area contributed by atoms with Gasteiger partial charge in [-0.3, -0.25) is 18.9 Å². The molecule has 0 spiro atoms. The Hall–Kier alpha value is -1.64. The molecule has 1 aromatic carbocycles. The van der Waals surface area contributed by atoms with Gasteiger partial charge in [-0.15, -0.1) is 0 Å². The van der Waals surface area contributed by atoms with Gasteiger partial charge in [0.1, 0.15) is 27.7 Å². The summed E-state index contributed by atoms with van der Waals surface area (Å²) < 4.78 is 36.9. The third-order valence-corrected chi connectivity index (χ3v) is 5.87. The number of nitrogens with zero attached hydrogens (tertiary/aromatic N) is 1. The van der Waals surface area contributed by atoms with E-state index in [-0.39, 0.29) is 6.61 Å². The number of H-pyrrole nitrogens is 1. The molecule has 13 heteroatoms. The van der Waals surface area contributed by atoms with Crippen molar-refractivity contribution in [1.82, 2.24) is 9.55 Å². The number of fused-ring (bicyclic) bond motifs is 1. The first-order valence-corrected chi connectivity index (χ1v) is 10.0. The molecule has 1 saturated heterocycles. The summed E-state index contributed by atoms with van der Waals surface area (Å²) in [6.07, 6.45) is -0.298. The van der Waals surface area contributed by atoms with Crippen LogP contribution in [0.1, 0.15) is 24.6 Å². The third-order valence-electron chi connectivity index (χ3n) is 4.49. The normalized spacial score (nSPS) is 24.1. The van der Waals surface area contributed by atoms with Crippen molar-refractivity contribution in [3.05, 3.63) is 61.6 Å². The number of rotatable bonds is 4. The smallest absolute Gasteiger partial charge is 0.396 e. The minimum absolute atomic E-state index is 0.206. The molecule has 148 valence electrons. The second-order valence-electron chi connectivity index (χ2n) is 6.59. The summed E-state index contributed by atoms with van der Waals surface area (Å²) in [4.78, 5) is 25.0. The van der Waals surface area contributed by atoms with Gasteiger partial charge in [0.2, 0.25) is 5.82 Å². The molecule has 0 bridgehead atoms. The lowest BCUT2D eigenvalue weighted by molar-refractivity contribution is -0.0472. The predicted octanol–water partition coefficient (Wildman–Crippen LogP) is 1.85. The number of nitrogens with one attached hydrogen (secondary N) is 1. The second kappa shape index (κ2) is 7.89. The van der Waals surface area contributed by atoms with Gasteiger partial charge in [0.05, 0.1) is 18.9 Å². The minimum Gasteiger partial charge on any atom is -0.426 e. The van der Waals surface area contributed by atoms with Gasteiger partial charge in [0.15, 0.2) is 0 Å². The van der Waals surface area contributed by atoms with Crippen LogP contribution in [0.5, 0.6) is 5.75 Å². The maximum Gasteiger partial charge on any atom is 0.396 e. The molecule has 0 amide bonds. The largest absolute Gasteiger partial charge is 0.426 e. The van der Waals surface area contributed by atoms with E-state index in [0.29, 0.717) is 23.6 Å². The Morgan fingerprint density at radius 1 is 1.34 bits per heavy atom. The molecule has 4 radical (unpaired) electrons. The van der Waals surface area contributed by atoms with Crippen molar-refractivity contribution < 1.29 is 22.7 Å². The average molecular weight is 436 g/mol. The maximum atomic E-state index is 13.5. The van der Waals surface area contributed by atoms with Crippen LogP contribution in [0, 0.1) is 5.82 Å². The first-order valence-electron chi connectivity index (χ1n) is 8.56. The van der Waals surface area contributed by atoms with Crippen LogP contribution in [-0.2, 0) is 20.4 Å². The van der Waals surface area contributed by atoms with Gasteiger partial charge in [0.25, 0.3) is 5.56 Å². The van der Waals surface area contributed by atoms with Crippen molar-refractivity contribution in [2.24, 2.45) is 0 Å². The van der Waals surface area contributed by atoms with Crippen molar-refractivity contribution in [3.63, 3.8) is 0 Å². The van der Waals surface area contributed by atoms with E-state index >= 15 is 0 Å². The van der Waals surface area contributed by atoms with E-state index < -0.39 is 43.4 Å². The molecule has 2 aliphatic heterocycles. The number of halogens is 2. The summed E-state index contributed by atoms with van der Waals surface area (Å²) in [6, 6.07) is 5.07. The topological polar surface area (TPSA) is 91.8 Å². The molecule has 8 nitrogen and oxygen atoms in total. The Labute approximate surface area is 173 Å². The lowest BCUT2D eigenvalue weighted by atomic mass is 9.61. The second-order valence-corrected chi connectivity index (χ2v) is 8.09. The molecule has 0 saturated carbocycles. The number of hydrogen-bond acceptors (Lipinski definition) is 6. The van der Waals surface area contributed by atoms with Gasteiger partial charge in [-0.2, -0.15) is 4.39 Å². The molecule has 3 heterocycles. The lowest BCUT2D eigenvalue weighted by Gasteiger charge is -2.36. The van der Waals surface area contributed by atoms with Crippen LogP contribution in [0.15, 0.2) is 34.0 Å². The van der Waals surface area contributed by atoms with Gasteiger partial charge in [-0.25, -0.2) is 4.79 Å². The minimum atomic E-state index is -1.91. The van der Waals surface area contributed by atoms with Gasteiger partial charge in [-0.05, 0) is 31.0 Å². The van der Waals surface area contributed by atoms with Gasteiger partial charge in [-0.1, -0.05) is 11.6 Å². The molecule has 2 aromatic rings. The Bertz CT molecular complexity index is 1050. The van der Waals surface area contributed by atoms with Crippen molar-refractivity contribution in [3.8, 4) is 5.75 Å². The zero-order chi connectivity index (χ0) is 20.8. The van der Waals surface area contributed by atoms with Crippen LogP contribution in [0.4, 0.5) is 4.39 Å². The summed E-state index contributed by atoms with van der Waals surface area (Å²) in [7, 11) is 10.2. The molecule has 1 N–H and O–H groups in total. The maximum absolute atomic E-state index is 13.5. The van der Waals surface area contributed by atoms with E-state index in [1.54, 1.807) is 18.2 Å². The van der Waals surface area contributed by atoms with E-state index in [2.05, 4.69) is 0 Å². The van der Waals surface area contributed by atoms with Crippen molar-refractivity contribution in [2.45, 2.75) is 37.2 Å². The molecule has 4 rings (SSSR count). The number of aromatic nitrogens is 2. The Kier molecular flexibility index (Phi) is 5.61. The molecule has 29 heavy (non-hydrogen) atoms. The fraction of sp³-hybridized carbons (Fsp3) is 0.375. The fourth-order valence-electron chi connectivity index (χ4n) is 3.04. The first kappa shape index (κ1) is 20.6. The summed E-state index contributed by atoms with van der Waals surface area (Å²) in [5.41, 5.74) is -1.15. The van der Waals surface area contributed by atoms with Crippen molar-refractivity contribution >= 4 is 35.9 Å². The summed E-state index contributed by atoms with van der Waals surface area (Å²) in [6.45, 7) is 0.206. The zero-order valence-electron chi connectivity index (χ0n) is 14.8. The number of hydrogen-bond donors (Lipinski definition) is 1. The van der Waals surface area contributed by atoms with Crippen molar-refractivity contribution in [2.75, 3.05) is 0 Å². The van der Waals surface area contributed by atoms with E-state index in [4.69, 9.17) is 45.6 Å². The zero-order valence-corrected chi connectivity index (χ0v) is 16.5. The number of benzene rings is 1. The number of aromatic amines is 1. The quantitative estimate of drug-likeness (QED) is 0.581. The molecule has 2 aliphatic rings. The van der Waals surface area contributed by atoms with Gasteiger partial charge < -0.3 is 13.8 Å². The number of ether oxygens (including phenoxy) is 1. The molecule has 0 aliphatic carbocycles. The third kappa shape index (κ3) is 4.29. The van der Waals surface area contributed by atoms with Crippen LogP contribution >= 0.6 is 20.2 Å². The summed E-state index contributed by atoms with van der Waals surface area (Å²) >= 11 is 5.94. The molecular formula is C16H13B2ClFN2O6P. The molecule has 3 atom stereocenters. The standard InChI is InChI=1S/C16H13B2ClFN2O6P/c17-16(18,28-29-25-7-8-5-9(19)1-2-11(8)27-29)12-3-4-13(26-12)22-6-10(20)14(23)21-15(22)24/h1-2,5-6,12-13H,3-4,7H2,(H,21,23,24). The Morgan fingerprint density at radius 2 is 2.14 bits per heavy atom. The molecule has 1 fully saturated rings. The highest BCUT2D eigenvalue weighted by atomic mass is 35.5. The van der Waals surface area contributed by atoms with Gasteiger partial charge >= 0.3 is 14.3 Å². The Morgan fingerprint density at radius 3 is 2.93 bits per heavy atom. The Balaban J connectivity index is 1.44. The lowest BCUT2D eigenvalue weighted by Crippen LogP contribution is -2.46. The molecule has 1 aromatic heterocycles. The van der Waals surface area contributed by atoms with Crippen LogP contribution in [0.25, 0.3) is 0 Å². The van der Waals surface area contributed by atoms with Crippen LogP contribution < -0.4 is 15.8 Å². The first-order chi connectivity index (χ1) is 13.7. The monoisotopic (exact) mass is 436 g/mol. The van der Waals surface area contributed by atoms with E-state index in [1.807, 2.05) is 4.98 Å². The molecular weight excluding hydrogens is 423 g/mol. The van der Waals surface area contributed by atoms with Crippen LogP contribution in [0.3, 0.4) is 0 Å². The predicted molar refractivity (Wildman–Crippen MR) is 104 cm³/mol. The highest BCUT2D eigenvalue weighted by molar-refractivity contribution is 7.42. The summed E-state index contributed by atoms with van der Waals surface area (Å²) in [5.74, 6) is -0.561. The van der Waals surface area contributed by atoms with Crippen LogP contribution in [-0.4, -0.2) is 36.7 Å². The molecule has 3 unspecified atom stereocenters. The van der Waals surface area contributed by atoms with Crippen molar-refractivity contribution in [1.29, 1.82) is 0 Å². The average Bonchev–Trinajstić information content (AvgIpc) is 3.15.